The van der Waals surface area contributed by atoms with Gasteiger partial charge in [0, 0.05) is 16.7 Å². The number of rotatable bonds is 4. The Hall–Kier alpha value is -2.55. The van der Waals surface area contributed by atoms with Crippen LogP contribution < -0.4 is 0 Å². The SMILES string of the molecule is N=CC(=O)c1ccc(C(=O)c2ccccc2)cc1. The largest absolute Gasteiger partial charge is 0.305 e. The first-order valence-electron chi connectivity index (χ1n) is 5.47. The molecule has 2 rings (SSSR count). The van der Waals surface area contributed by atoms with Crippen LogP contribution in [-0.2, 0) is 0 Å². The lowest BCUT2D eigenvalue weighted by molar-refractivity contribution is 0.103. The molecule has 0 bridgehead atoms. The first-order valence-corrected chi connectivity index (χ1v) is 5.47. The third-order valence-electron chi connectivity index (χ3n) is 2.60. The maximum atomic E-state index is 12.1. The van der Waals surface area contributed by atoms with Gasteiger partial charge in [-0.05, 0) is 0 Å². The quantitative estimate of drug-likeness (QED) is 0.656. The van der Waals surface area contributed by atoms with E-state index in [4.69, 9.17) is 5.41 Å². The number of hydrogen-bond donors (Lipinski definition) is 1. The summed E-state index contributed by atoms with van der Waals surface area (Å²) in [6.45, 7) is 0. The zero-order valence-electron chi connectivity index (χ0n) is 9.59. The molecule has 0 aliphatic heterocycles. The molecule has 0 fully saturated rings. The van der Waals surface area contributed by atoms with Gasteiger partial charge in [-0.25, -0.2) is 0 Å². The van der Waals surface area contributed by atoms with Crippen LogP contribution in [0, 0.1) is 5.41 Å². The van der Waals surface area contributed by atoms with Crippen LogP contribution in [0.3, 0.4) is 0 Å². The van der Waals surface area contributed by atoms with Crippen molar-refractivity contribution in [3.05, 3.63) is 71.3 Å². The molecule has 0 heterocycles. The summed E-state index contributed by atoms with van der Waals surface area (Å²) in [7, 11) is 0. The normalized spacial score (nSPS) is 9.78. The molecule has 0 aromatic heterocycles. The van der Waals surface area contributed by atoms with Gasteiger partial charge in [-0.1, -0.05) is 54.6 Å². The summed E-state index contributed by atoms with van der Waals surface area (Å²) in [5.74, 6) is -0.446. The fraction of sp³-hybridized carbons (Fsp3) is 0. The molecule has 0 atom stereocenters. The molecule has 0 aliphatic rings. The number of ketones is 2. The second kappa shape index (κ2) is 5.19. The highest BCUT2D eigenvalue weighted by molar-refractivity contribution is 6.34. The summed E-state index contributed by atoms with van der Waals surface area (Å²) in [5.41, 5.74) is 1.56. The molecular formula is C15H11NO2. The minimum atomic E-state index is -0.367. The Morgan fingerprint density at radius 3 is 1.83 bits per heavy atom. The van der Waals surface area contributed by atoms with Crippen LogP contribution in [0.25, 0.3) is 0 Å². The monoisotopic (exact) mass is 237 g/mol. The average molecular weight is 237 g/mol. The minimum absolute atomic E-state index is 0.0792. The molecule has 0 amide bonds. The van der Waals surface area contributed by atoms with E-state index >= 15 is 0 Å². The Balaban J connectivity index is 2.28. The predicted molar refractivity (Wildman–Crippen MR) is 69.4 cm³/mol. The van der Waals surface area contributed by atoms with Crippen molar-refractivity contribution in [3.8, 4) is 0 Å². The van der Waals surface area contributed by atoms with Gasteiger partial charge in [-0.15, -0.1) is 0 Å². The van der Waals surface area contributed by atoms with Gasteiger partial charge in [0.1, 0.15) is 0 Å². The van der Waals surface area contributed by atoms with E-state index in [1.807, 2.05) is 6.07 Å². The molecule has 18 heavy (non-hydrogen) atoms. The second-order valence-electron chi connectivity index (χ2n) is 3.78. The lowest BCUT2D eigenvalue weighted by Crippen LogP contribution is -2.03. The van der Waals surface area contributed by atoms with E-state index in [0.717, 1.165) is 6.21 Å². The third kappa shape index (κ3) is 2.40. The molecule has 0 saturated carbocycles. The number of carbonyl (C=O) groups is 2. The zero-order valence-corrected chi connectivity index (χ0v) is 9.59. The van der Waals surface area contributed by atoms with Gasteiger partial charge in [0.05, 0.1) is 6.21 Å². The summed E-state index contributed by atoms with van der Waals surface area (Å²) >= 11 is 0. The molecule has 0 unspecified atom stereocenters. The highest BCUT2D eigenvalue weighted by Crippen LogP contribution is 2.11. The highest BCUT2D eigenvalue weighted by Gasteiger charge is 2.09. The Bertz CT molecular complexity index is 586. The molecule has 0 saturated heterocycles. The van der Waals surface area contributed by atoms with Crippen LogP contribution in [0.4, 0.5) is 0 Å². The van der Waals surface area contributed by atoms with Crippen molar-refractivity contribution in [2.45, 2.75) is 0 Å². The zero-order chi connectivity index (χ0) is 13.0. The highest BCUT2D eigenvalue weighted by atomic mass is 16.1. The Labute approximate surface area is 105 Å². The van der Waals surface area contributed by atoms with Gasteiger partial charge in [0.15, 0.2) is 5.78 Å². The molecular weight excluding hydrogens is 226 g/mol. The number of Topliss-reactive ketones (excluding diaryl/α,β-unsaturated/α-hetero) is 1. The fourth-order valence-corrected chi connectivity index (χ4v) is 1.63. The summed E-state index contributed by atoms with van der Waals surface area (Å²) in [6.07, 6.45) is 0.758. The van der Waals surface area contributed by atoms with Crippen molar-refractivity contribution >= 4 is 17.8 Å². The van der Waals surface area contributed by atoms with E-state index in [1.165, 1.54) is 0 Å². The topological polar surface area (TPSA) is 58.0 Å². The predicted octanol–water partition coefficient (Wildman–Crippen LogP) is 2.75. The first-order chi connectivity index (χ1) is 8.72. The van der Waals surface area contributed by atoms with Crippen LogP contribution in [0.1, 0.15) is 26.3 Å². The second-order valence-corrected chi connectivity index (χ2v) is 3.78. The lowest BCUT2D eigenvalue weighted by atomic mass is 10.0. The standard InChI is InChI=1S/C15H11NO2/c16-10-14(17)11-6-8-13(9-7-11)15(18)12-4-2-1-3-5-12/h1-10,16H. The van der Waals surface area contributed by atoms with Gasteiger partial charge >= 0.3 is 0 Å². The van der Waals surface area contributed by atoms with Crippen molar-refractivity contribution < 1.29 is 9.59 Å². The molecule has 3 heteroatoms. The minimum Gasteiger partial charge on any atom is -0.305 e. The van der Waals surface area contributed by atoms with E-state index in [0.29, 0.717) is 16.7 Å². The van der Waals surface area contributed by atoms with Gasteiger partial charge < -0.3 is 5.41 Å². The maximum absolute atomic E-state index is 12.1. The van der Waals surface area contributed by atoms with E-state index in [2.05, 4.69) is 0 Å². The summed E-state index contributed by atoms with van der Waals surface area (Å²) < 4.78 is 0. The van der Waals surface area contributed by atoms with Crippen LogP contribution in [0.15, 0.2) is 54.6 Å². The Morgan fingerprint density at radius 2 is 1.28 bits per heavy atom. The third-order valence-corrected chi connectivity index (χ3v) is 2.60. The van der Waals surface area contributed by atoms with Gasteiger partial charge in [0.25, 0.3) is 0 Å². The molecule has 2 aromatic carbocycles. The molecule has 0 spiro atoms. The number of nitrogens with one attached hydrogen (secondary N) is 1. The Morgan fingerprint density at radius 1 is 0.778 bits per heavy atom. The molecule has 88 valence electrons. The van der Waals surface area contributed by atoms with Crippen molar-refractivity contribution in [1.82, 2.24) is 0 Å². The molecule has 0 aliphatic carbocycles. The van der Waals surface area contributed by atoms with Crippen molar-refractivity contribution in [2.24, 2.45) is 0 Å². The molecule has 0 radical (unpaired) electrons. The average Bonchev–Trinajstić information content (AvgIpc) is 2.47. The lowest BCUT2D eigenvalue weighted by Gasteiger charge is -2.01. The van der Waals surface area contributed by atoms with Crippen LogP contribution in [0.5, 0.6) is 0 Å². The molecule has 3 nitrogen and oxygen atoms in total. The maximum Gasteiger partial charge on any atom is 0.203 e. The van der Waals surface area contributed by atoms with Crippen molar-refractivity contribution in [1.29, 1.82) is 5.41 Å². The summed E-state index contributed by atoms with van der Waals surface area (Å²) in [5, 5.41) is 6.88. The van der Waals surface area contributed by atoms with Crippen LogP contribution in [0.2, 0.25) is 0 Å². The number of benzene rings is 2. The van der Waals surface area contributed by atoms with Gasteiger partial charge in [-0.2, -0.15) is 0 Å². The van der Waals surface area contributed by atoms with Gasteiger partial charge in [0.2, 0.25) is 5.78 Å². The molecule has 1 N–H and O–H groups in total. The molecule has 2 aromatic rings. The van der Waals surface area contributed by atoms with E-state index in [-0.39, 0.29) is 11.6 Å². The smallest absolute Gasteiger partial charge is 0.203 e. The van der Waals surface area contributed by atoms with E-state index in [1.54, 1.807) is 48.5 Å². The van der Waals surface area contributed by atoms with Crippen molar-refractivity contribution in [2.75, 3.05) is 0 Å². The van der Waals surface area contributed by atoms with E-state index in [9.17, 15) is 9.59 Å². The summed E-state index contributed by atoms with van der Waals surface area (Å²) in [6, 6.07) is 15.3. The fourth-order valence-electron chi connectivity index (χ4n) is 1.63. The van der Waals surface area contributed by atoms with Crippen LogP contribution in [-0.4, -0.2) is 17.8 Å². The number of hydrogen-bond acceptors (Lipinski definition) is 3. The summed E-state index contributed by atoms with van der Waals surface area (Å²) in [4.78, 5) is 23.3. The van der Waals surface area contributed by atoms with E-state index < -0.39 is 0 Å². The number of carbonyl (C=O) groups excluding carboxylic acids is 2. The van der Waals surface area contributed by atoms with Gasteiger partial charge in [-0.3, -0.25) is 9.59 Å². The van der Waals surface area contributed by atoms with Crippen LogP contribution >= 0.6 is 0 Å². The Kier molecular flexibility index (Phi) is 3.44. The first kappa shape index (κ1) is 11.9. The van der Waals surface area contributed by atoms with Crippen molar-refractivity contribution in [3.63, 3.8) is 0 Å².